The minimum atomic E-state index is -2.17. The highest BCUT2D eigenvalue weighted by molar-refractivity contribution is 5.68. The van der Waals surface area contributed by atoms with E-state index in [1.165, 1.54) is 4.90 Å². The van der Waals surface area contributed by atoms with Crippen molar-refractivity contribution in [2.24, 2.45) is 0 Å². The fourth-order valence-electron chi connectivity index (χ4n) is 2.21. The van der Waals surface area contributed by atoms with Crippen LogP contribution in [0.15, 0.2) is 24.3 Å². The van der Waals surface area contributed by atoms with Gasteiger partial charge in [0.2, 0.25) is 0 Å². The van der Waals surface area contributed by atoms with E-state index in [4.69, 9.17) is 19.7 Å². The minimum Gasteiger partial charge on any atom is -0.497 e. The molecule has 1 amide bonds. The zero-order valence-corrected chi connectivity index (χ0v) is 14.1. The summed E-state index contributed by atoms with van der Waals surface area (Å²) in [6.45, 7) is 1.06. The third-order valence-electron chi connectivity index (χ3n) is 3.36. The van der Waals surface area contributed by atoms with Gasteiger partial charge in [-0.25, -0.2) is 4.79 Å². The molecular weight excluding hydrogens is 294 g/mol. The third kappa shape index (κ3) is 5.43. The monoisotopic (exact) mass is 325 g/mol. The predicted octanol–water partition coefficient (Wildman–Crippen LogP) is 3.61. The molecule has 0 N–H and O–H groups in total. The molecule has 1 aromatic carbocycles. The van der Waals surface area contributed by atoms with Gasteiger partial charge < -0.3 is 19.1 Å². The van der Waals surface area contributed by atoms with Crippen LogP contribution in [0, 0.1) is 0 Å². The lowest BCUT2D eigenvalue weighted by Crippen LogP contribution is -2.45. The number of carbonyl (C=O) groups excluding carboxylic acids is 1. The molecule has 1 saturated heterocycles. The Kier molecular flexibility index (Phi) is 4.22. The second-order valence-corrected chi connectivity index (χ2v) is 6.41. The first-order chi connectivity index (χ1) is 12.3. The van der Waals surface area contributed by atoms with Crippen molar-refractivity contribution in [3.05, 3.63) is 29.8 Å². The highest BCUT2D eigenvalue weighted by Gasteiger charge is 2.29. The van der Waals surface area contributed by atoms with Gasteiger partial charge >= 0.3 is 6.09 Å². The van der Waals surface area contributed by atoms with Gasteiger partial charge in [-0.2, -0.15) is 0 Å². The maximum absolute atomic E-state index is 12.8. The summed E-state index contributed by atoms with van der Waals surface area (Å²) < 4.78 is 47.0. The van der Waals surface area contributed by atoms with Gasteiger partial charge in [-0.1, -0.05) is 12.1 Å². The average Bonchev–Trinajstić information content (AvgIpc) is 2.48. The predicted molar refractivity (Wildman–Crippen MR) is 88.6 cm³/mol. The molecule has 1 heterocycles. The van der Waals surface area contributed by atoms with Gasteiger partial charge in [-0.05, 0) is 51.3 Å². The van der Waals surface area contributed by atoms with Crippen LogP contribution in [-0.4, -0.2) is 42.9 Å². The topological polar surface area (TPSA) is 48.0 Å². The Balaban J connectivity index is 2.29. The second kappa shape index (κ2) is 7.68. The normalized spacial score (nSPS) is 23.0. The van der Waals surface area contributed by atoms with Crippen LogP contribution in [-0.2, 0) is 16.0 Å². The SMILES string of the molecule is [2H]C1([2H])CC(N(Cc2ccc(OC)cc2)C(=O)OC(C)(C)C)CC([2H])([2H])O1. The largest absolute Gasteiger partial charge is 0.497 e. The van der Waals surface area contributed by atoms with E-state index in [1.807, 2.05) is 0 Å². The lowest BCUT2D eigenvalue weighted by Gasteiger charge is -2.35. The van der Waals surface area contributed by atoms with Crippen molar-refractivity contribution in [1.82, 2.24) is 4.90 Å². The van der Waals surface area contributed by atoms with E-state index in [1.54, 1.807) is 52.1 Å². The third-order valence-corrected chi connectivity index (χ3v) is 3.36. The number of benzene rings is 1. The van der Waals surface area contributed by atoms with Gasteiger partial charge in [-0.3, -0.25) is 0 Å². The molecule has 1 aromatic rings. The molecule has 0 radical (unpaired) electrons. The summed E-state index contributed by atoms with van der Waals surface area (Å²) in [5.41, 5.74) is 0.0765. The lowest BCUT2D eigenvalue weighted by molar-refractivity contribution is -0.00808. The zero-order valence-electron chi connectivity index (χ0n) is 18.1. The quantitative estimate of drug-likeness (QED) is 0.848. The van der Waals surface area contributed by atoms with Crippen LogP contribution in [0.25, 0.3) is 0 Å². The fourth-order valence-corrected chi connectivity index (χ4v) is 2.21. The average molecular weight is 325 g/mol. The van der Waals surface area contributed by atoms with Gasteiger partial charge in [-0.15, -0.1) is 0 Å². The Labute approximate surface area is 144 Å². The van der Waals surface area contributed by atoms with Gasteiger partial charge in [0.25, 0.3) is 0 Å². The summed E-state index contributed by atoms with van der Waals surface area (Å²) in [7, 11) is 1.56. The number of methoxy groups -OCH3 is 1. The first kappa shape index (κ1) is 12.6. The van der Waals surface area contributed by atoms with Crippen molar-refractivity contribution in [2.75, 3.05) is 20.2 Å². The molecule has 2 rings (SSSR count). The van der Waals surface area contributed by atoms with Gasteiger partial charge in [0.1, 0.15) is 11.4 Å². The fraction of sp³-hybridized carbons (Fsp3) is 0.611. The van der Waals surface area contributed by atoms with Crippen LogP contribution >= 0.6 is 0 Å². The van der Waals surface area contributed by atoms with Crippen molar-refractivity contribution >= 4 is 6.09 Å². The van der Waals surface area contributed by atoms with Crippen molar-refractivity contribution in [3.8, 4) is 5.75 Å². The first-order valence-electron chi connectivity index (χ1n) is 9.63. The Hall–Kier alpha value is -1.75. The molecule has 1 aliphatic heterocycles. The Morgan fingerprint density at radius 2 is 1.91 bits per heavy atom. The van der Waals surface area contributed by atoms with E-state index in [2.05, 4.69) is 0 Å². The van der Waals surface area contributed by atoms with Crippen LogP contribution in [0.5, 0.6) is 5.75 Å². The molecule has 0 aliphatic carbocycles. The zero-order chi connectivity index (χ0) is 20.5. The van der Waals surface area contributed by atoms with Crippen molar-refractivity contribution in [3.63, 3.8) is 0 Å². The molecule has 0 spiro atoms. The number of carbonyl (C=O) groups is 1. The van der Waals surface area contributed by atoms with Crippen LogP contribution in [0.2, 0.25) is 0 Å². The van der Waals surface area contributed by atoms with E-state index in [0.717, 1.165) is 5.56 Å². The van der Waals surface area contributed by atoms with Crippen molar-refractivity contribution in [1.29, 1.82) is 0 Å². The molecule has 0 atom stereocenters. The van der Waals surface area contributed by atoms with Crippen LogP contribution in [0.3, 0.4) is 0 Å². The Morgan fingerprint density at radius 3 is 2.43 bits per heavy atom. The molecule has 5 heteroatoms. The number of rotatable bonds is 4. The number of nitrogens with zero attached hydrogens (tertiary/aromatic N) is 1. The van der Waals surface area contributed by atoms with Crippen molar-refractivity contribution in [2.45, 2.75) is 51.8 Å². The summed E-state index contributed by atoms with van der Waals surface area (Å²) in [5, 5.41) is 0. The second-order valence-electron chi connectivity index (χ2n) is 6.41. The molecule has 0 bridgehead atoms. The number of hydrogen-bond donors (Lipinski definition) is 0. The molecule has 1 fully saturated rings. The molecule has 0 saturated carbocycles. The summed E-state index contributed by atoms with van der Waals surface area (Å²) in [6.07, 6.45) is -0.888. The smallest absolute Gasteiger partial charge is 0.410 e. The van der Waals surface area contributed by atoms with E-state index < -0.39 is 30.9 Å². The Bertz CT molecular complexity index is 642. The number of ether oxygens (including phenoxy) is 3. The standard InChI is InChI=1S/C18H27NO4/c1-18(2,3)23-17(20)19(15-9-11-22-12-10-15)13-14-5-7-16(21-4)8-6-14/h5-8,15H,9-13H2,1-4H3/i11D2,12D2. The summed E-state index contributed by atoms with van der Waals surface area (Å²) in [6, 6.07) is 6.44. The van der Waals surface area contributed by atoms with Gasteiger partial charge in [0, 0.05) is 25.7 Å². The Morgan fingerprint density at radius 1 is 1.30 bits per heavy atom. The van der Waals surface area contributed by atoms with E-state index in [9.17, 15) is 4.79 Å². The number of hydrogen-bond acceptors (Lipinski definition) is 4. The highest BCUT2D eigenvalue weighted by atomic mass is 16.6. The van der Waals surface area contributed by atoms with E-state index in [-0.39, 0.29) is 19.4 Å². The van der Waals surface area contributed by atoms with Crippen LogP contribution in [0.1, 0.15) is 44.7 Å². The minimum absolute atomic E-state index is 0.137. The van der Waals surface area contributed by atoms with Gasteiger partial charge in [0.15, 0.2) is 0 Å². The molecular formula is C18H27NO4. The molecule has 1 aliphatic rings. The molecule has 0 unspecified atom stereocenters. The summed E-state index contributed by atoms with van der Waals surface area (Å²) in [4.78, 5) is 14.2. The van der Waals surface area contributed by atoms with E-state index in [0.29, 0.717) is 5.75 Å². The van der Waals surface area contributed by atoms with E-state index >= 15 is 0 Å². The molecule has 128 valence electrons. The molecule has 5 nitrogen and oxygen atoms in total. The molecule has 0 aromatic heterocycles. The number of amides is 1. The lowest BCUT2D eigenvalue weighted by atomic mass is 10.1. The first-order valence-corrected chi connectivity index (χ1v) is 7.63. The maximum atomic E-state index is 12.8. The van der Waals surface area contributed by atoms with Crippen LogP contribution < -0.4 is 4.74 Å². The van der Waals surface area contributed by atoms with Crippen molar-refractivity contribution < 1.29 is 24.5 Å². The van der Waals surface area contributed by atoms with Gasteiger partial charge in [0.05, 0.1) is 12.6 Å². The summed E-state index contributed by atoms with van der Waals surface area (Å²) >= 11 is 0. The maximum Gasteiger partial charge on any atom is 0.410 e. The summed E-state index contributed by atoms with van der Waals surface area (Å²) in [5.74, 6) is 0.682. The highest BCUT2D eigenvalue weighted by Crippen LogP contribution is 2.22. The van der Waals surface area contributed by atoms with Crippen LogP contribution in [0.4, 0.5) is 4.79 Å². The molecule has 23 heavy (non-hydrogen) atoms.